The Balaban J connectivity index is 1.58. The highest BCUT2D eigenvalue weighted by atomic mass is 16.7. The minimum absolute atomic E-state index is 0.0342. The predicted octanol–water partition coefficient (Wildman–Crippen LogP) is 5.05. The van der Waals surface area contributed by atoms with E-state index in [1.165, 1.54) is 5.56 Å². The topological polar surface area (TPSA) is 65.4 Å². The molecule has 3 aromatic carbocycles. The van der Waals surface area contributed by atoms with Crippen molar-refractivity contribution in [1.29, 1.82) is 0 Å². The van der Waals surface area contributed by atoms with Gasteiger partial charge in [-0.15, -0.1) is 0 Å². The number of aryl methyl sites for hydroxylation is 1. The van der Waals surface area contributed by atoms with E-state index in [0.717, 1.165) is 33.8 Å². The molecule has 0 saturated carbocycles. The molecule has 2 aliphatic rings. The first kappa shape index (κ1) is 18.7. The molecule has 158 valence electrons. The highest BCUT2D eigenvalue weighted by Gasteiger charge is 2.35. The summed E-state index contributed by atoms with van der Waals surface area (Å²) >= 11 is 0. The molecule has 4 aromatic rings. The van der Waals surface area contributed by atoms with Crippen molar-refractivity contribution < 1.29 is 14.3 Å². The highest BCUT2D eigenvalue weighted by Crippen LogP contribution is 2.45. The zero-order chi connectivity index (χ0) is 21.7. The number of carbonyl (C=O) groups excluding carboxylic acids is 1. The van der Waals surface area contributed by atoms with Crippen LogP contribution in [0.1, 0.15) is 29.0 Å². The van der Waals surface area contributed by atoms with E-state index in [0.29, 0.717) is 18.0 Å². The quantitative estimate of drug-likeness (QED) is 0.501. The molecule has 32 heavy (non-hydrogen) atoms. The number of hydrogen-bond acceptors (Lipinski definition) is 4. The van der Waals surface area contributed by atoms with E-state index in [1.54, 1.807) is 0 Å². The summed E-state index contributed by atoms with van der Waals surface area (Å²) in [6.07, 6.45) is 0.339. The first-order valence-corrected chi connectivity index (χ1v) is 10.6. The summed E-state index contributed by atoms with van der Waals surface area (Å²) in [6, 6.07) is 24.1. The van der Waals surface area contributed by atoms with E-state index in [9.17, 15) is 4.79 Å². The molecular weight excluding hydrogens is 402 g/mol. The summed E-state index contributed by atoms with van der Waals surface area (Å²) in [7, 11) is 0. The number of fused-ring (bicyclic) bond motifs is 2. The zero-order valence-corrected chi connectivity index (χ0v) is 17.5. The Hall–Kier alpha value is -4.06. The monoisotopic (exact) mass is 423 g/mol. The van der Waals surface area contributed by atoms with Crippen LogP contribution in [0.2, 0.25) is 0 Å². The van der Waals surface area contributed by atoms with Crippen LogP contribution < -0.4 is 14.8 Å². The fourth-order valence-electron chi connectivity index (χ4n) is 4.45. The third kappa shape index (κ3) is 3.03. The maximum Gasteiger partial charge on any atom is 0.231 e. The minimum atomic E-state index is -0.150. The smallest absolute Gasteiger partial charge is 0.231 e. The van der Waals surface area contributed by atoms with Gasteiger partial charge in [0.05, 0.1) is 11.4 Å². The molecule has 6 rings (SSSR count). The molecule has 1 atom stereocenters. The maximum absolute atomic E-state index is 12.8. The normalized spacial score (nSPS) is 16.5. The Bertz CT molecular complexity index is 1330. The van der Waals surface area contributed by atoms with Gasteiger partial charge in [0.25, 0.3) is 0 Å². The van der Waals surface area contributed by atoms with E-state index >= 15 is 0 Å². The van der Waals surface area contributed by atoms with Gasteiger partial charge in [-0.05, 0) is 36.8 Å². The second kappa shape index (κ2) is 7.27. The van der Waals surface area contributed by atoms with Crippen LogP contribution in [0.5, 0.6) is 11.5 Å². The summed E-state index contributed by atoms with van der Waals surface area (Å²) < 4.78 is 12.9. The molecule has 3 heterocycles. The second-order valence-corrected chi connectivity index (χ2v) is 8.14. The van der Waals surface area contributed by atoms with Gasteiger partial charge in [0.1, 0.15) is 5.82 Å². The number of aromatic nitrogens is 2. The molecule has 1 N–H and O–H groups in total. The first-order chi connectivity index (χ1) is 15.7. The van der Waals surface area contributed by atoms with E-state index in [4.69, 9.17) is 14.6 Å². The van der Waals surface area contributed by atoms with E-state index in [1.807, 2.05) is 65.3 Å². The van der Waals surface area contributed by atoms with Crippen molar-refractivity contribution in [3.63, 3.8) is 0 Å². The lowest BCUT2D eigenvalue weighted by molar-refractivity contribution is -0.116. The first-order valence-electron chi connectivity index (χ1n) is 10.6. The van der Waals surface area contributed by atoms with E-state index < -0.39 is 0 Å². The standard InChI is InChI=1S/C26H21N3O3/c1-16-7-10-19(11-8-16)29-26-24(25(28-29)17-5-3-2-4-6-17)20(14-23(30)27-26)18-9-12-21-22(13-18)32-15-31-21/h2-13,20H,14-15H2,1H3,(H,27,30)/t20-/m1/s1. The second-order valence-electron chi connectivity index (χ2n) is 8.14. The molecule has 1 amide bonds. The van der Waals surface area contributed by atoms with Gasteiger partial charge in [-0.3, -0.25) is 4.79 Å². The van der Waals surface area contributed by atoms with Gasteiger partial charge in [-0.25, -0.2) is 4.68 Å². The summed E-state index contributed by atoms with van der Waals surface area (Å²) in [5.41, 5.74) is 5.96. The van der Waals surface area contributed by atoms with Crippen LogP contribution in [0.25, 0.3) is 16.9 Å². The lowest BCUT2D eigenvalue weighted by atomic mass is 9.84. The molecule has 0 radical (unpaired) electrons. The van der Waals surface area contributed by atoms with Crippen LogP contribution in [0.4, 0.5) is 5.82 Å². The molecular formula is C26H21N3O3. The lowest BCUT2D eigenvalue weighted by Gasteiger charge is -2.25. The van der Waals surface area contributed by atoms with Crippen molar-refractivity contribution in [1.82, 2.24) is 9.78 Å². The van der Waals surface area contributed by atoms with Crippen molar-refractivity contribution in [2.75, 3.05) is 12.1 Å². The van der Waals surface area contributed by atoms with Crippen molar-refractivity contribution >= 4 is 11.7 Å². The van der Waals surface area contributed by atoms with Crippen molar-refractivity contribution in [3.8, 4) is 28.4 Å². The number of hydrogen-bond donors (Lipinski definition) is 1. The number of anilines is 1. The Labute approximate surface area is 185 Å². The summed E-state index contributed by atoms with van der Waals surface area (Å²) in [5, 5.41) is 8.08. The van der Waals surface area contributed by atoms with Crippen LogP contribution in [-0.2, 0) is 4.79 Å². The van der Waals surface area contributed by atoms with Gasteiger partial charge in [0.15, 0.2) is 11.5 Å². The van der Waals surface area contributed by atoms with Gasteiger partial charge in [0.2, 0.25) is 12.7 Å². The Morgan fingerprint density at radius 1 is 0.969 bits per heavy atom. The molecule has 6 nitrogen and oxygen atoms in total. The average molecular weight is 423 g/mol. The van der Waals surface area contributed by atoms with Crippen LogP contribution in [0.3, 0.4) is 0 Å². The molecule has 2 aliphatic heterocycles. The Kier molecular flexibility index (Phi) is 4.24. The largest absolute Gasteiger partial charge is 0.454 e. The van der Waals surface area contributed by atoms with Crippen LogP contribution in [0.15, 0.2) is 72.8 Å². The number of carbonyl (C=O) groups is 1. The maximum atomic E-state index is 12.8. The number of ether oxygens (including phenoxy) is 2. The molecule has 6 heteroatoms. The highest BCUT2D eigenvalue weighted by molar-refractivity contribution is 5.96. The van der Waals surface area contributed by atoms with Crippen molar-refractivity contribution in [2.24, 2.45) is 0 Å². The Morgan fingerprint density at radius 3 is 2.56 bits per heavy atom. The average Bonchev–Trinajstić information content (AvgIpc) is 3.44. The SMILES string of the molecule is Cc1ccc(-n2nc(-c3ccccc3)c3c2NC(=O)C[C@@H]3c2ccc3c(c2)OCO3)cc1. The molecule has 0 unspecified atom stereocenters. The van der Waals surface area contributed by atoms with Crippen molar-refractivity contribution in [3.05, 3.63) is 89.5 Å². The van der Waals surface area contributed by atoms with Gasteiger partial charge >= 0.3 is 0 Å². The Morgan fingerprint density at radius 2 is 1.75 bits per heavy atom. The molecule has 0 saturated heterocycles. The van der Waals surface area contributed by atoms with Crippen molar-refractivity contribution in [2.45, 2.75) is 19.3 Å². The van der Waals surface area contributed by atoms with E-state index in [-0.39, 0.29) is 18.6 Å². The zero-order valence-electron chi connectivity index (χ0n) is 17.5. The van der Waals surface area contributed by atoms with Crippen LogP contribution >= 0.6 is 0 Å². The fraction of sp³-hybridized carbons (Fsp3) is 0.154. The van der Waals surface area contributed by atoms with Gasteiger partial charge in [-0.1, -0.05) is 54.1 Å². The number of rotatable bonds is 3. The molecule has 1 aromatic heterocycles. The fourth-order valence-corrected chi connectivity index (χ4v) is 4.45. The summed E-state index contributed by atoms with van der Waals surface area (Å²) in [5.74, 6) is 1.97. The number of benzene rings is 3. The van der Waals surface area contributed by atoms with Crippen LogP contribution in [0, 0.1) is 6.92 Å². The predicted molar refractivity (Wildman–Crippen MR) is 121 cm³/mol. The molecule has 0 spiro atoms. The molecule has 0 aliphatic carbocycles. The van der Waals surface area contributed by atoms with Gasteiger partial charge < -0.3 is 14.8 Å². The van der Waals surface area contributed by atoms with E-state index in [2.05, 4.69) is 24.4 Å². The number of nitrogens with zero attached hydrogens (tertiary/aromatic N) is 2. The molecule has 0 fully saturated rings. The summed E-state index contributed by atoms with van der Waals surface area (Å²) in [4.78, 5) is 12.8. The summed E-state index contributed by atoms with van der Waals surface area (Å²) in [6.45, 7) is 2.27. The minimum Gasteiger partial charge on any atom is -0.454 e. The number of amides is 1. The van der Waals surface area contributed by atoms with Crippen LogP contribution in [-0.4, -0.2) is 22.5 Å². The van der Waals surface area contributed by atoms with Gasteiger partial charge in [-0.2, -0.15) is 5.10 Å². The lowest BCUT2D eigenvalue weighted by Crippen LogP contribution is -2.24. The third-order valence-corrected chi connectivity index (χ3v) is 6.04. The molecule has 0 bridgehead atoms. The number of nitrogens with one attached hydrogen (secondary N) is 1. The van der Waals surface area contributed by atoms with Gasteiger partial charge in [0, 0.05) is 23.5 Å². The third-order valence-electron chi connectivity index (χ3n) is 6.04.